The van der Waals surface area contributed by atoms with Gasteiger partial charge in [-0.05, 0) is 56.3 Å². The fraction of sp³-hybridized carbons (Fsp3) is 0.192. The summed E-state index contributed by atoms with van der Waals surface area (Å²) in [6, 6.07) is 14.4. The molecule has 0 heterocycles. The Kier molecular flexibility index (Phi) is 9.24. The van der Waals surface area contributed by atoms with Crippen LogP contribution in [-0.4, -0.2) is 69.7 Å². The molecule has 41 heavy (non-hydrogen) atoms. The normalized spacial score (nSPS) is 11.5. The Morgan fingerprint density at radius 2 is 1.10 bits per heavy atom. The van der Waals surface area contributed by atoms with Crippen LogP contribution in [0, 0.1) is 13.8 Å². The number of nitrogens with zero attached hydrogens (tertiary/aromatic N) is 2. The second kappa shape index (κ2) is 12.3. The number of nitrogens with one attached hydrogen (secondary N) is 1. The van der Waals surface area contributed by atoms with Gasteiger partial charge in [-0.15, -0.1) is 0 Å². The van der Waals surface area contributed by atoms with E-state index in [0.29, 0.717) is 8.61 Å². The first-order valence-electron chi connectivity index (χ1n) is 11.8. The molecule has 0 saturated carbocycles. The average Bonchev–Trinajstić information content (AvgIpc) is 2.89. The lowest BCUT2D eigenvalue weighted by Gasteiger charge is -2.28. The highest BCUT2D eigenvalue weighted by Gasteiger charge is 2.32. The first-order valence-corrected chi connectivity index (χ1v) is 14.7. The van der Waals surface area contributed by atoms with Gasteiger partial charge in [0.15, 0.2) is 0 Å². The number of carbonyl (C=O) groups is 3. The predicted molar refractivity (Wildman–Crippen MR) is 149 cm³/mol. The molecule has 3 aromatic carbocycles. The van der Waals surface area contributed by atoms with Crippen LogP contribution in [0.25, 0.3) is 0 Å². The highest BCUT2D eigenvalue weighted by molar-refractivity contribution is 7.93. The van der Waals surface area contributed by atoms with Gasteiger partial charge in [0.25, 0.3) is 20.0 Å². The molecular weight excluding hydrogens is 578 g/mol. The van der Waals surface area contributed by atoms with Crippen LogP contribution in [0.4, 0.5) is 17.1 Å². The number of carboxylic acids is 3. The van der Waals surface area contributed by atoms with Gasteiger partial charge in [0.2, 0.25) is 0 Å². The molecule has 15 heteroatoms. The van der Waals surface area contributed by atoms with Gasteiger partial charge in [-0.25, -0.2) is 16.8 Å². The van der Waals surface area contributed by atoms with Crippen LogP contribution in [-0.2, 0) is 34.4 Å². The summed E-state index contributed by atoms with van der Waals surface area (Å²) in [6.45, 7) is 0.626. The van der Waals surface area contributed by atoms with Gasteiger partial charge in [-0.1, -0.05) is 35.4 Å². The van der Waals surface area contributed by atoms with E-state index in [1.54, 1.807) is 13.8 Å². The maximum atomic E-state index is 13.5. The van der Waals surface area contributed by atoms with E-state index in [2.05, 4.69) is 5.32 Å². The van der Waals surface area contributed by atoms with Crippen molar-refractivity contribution in [1.82, 2.24) is 0 Å². The van der Waals surface area contributed by atoms with Crippen molar-refractivity contribution in [2.24, 2.45) is 0 Å². The summed E-state index contributed by atoms with van der Waals surface area (Å²) in [6.07, 6.45) is 0. The second-order valence-electron chi connectivity index (χ2n) is 8.89. The topological polar surface area (TPSA) is 199 Å². The Bertz CT molecular complexity index is 1670. The first kappa shape index (κ1) is 30.9. The van der Waals surface area contributed by atoms with E-state index < -0.39 is 57.6 Å². The SMILES string of the molecule is Cc1ccc(S(=O)(=O)N(CC(=O)O)c2ccc(N(CC(=O)O)S(=O)(=O)c3ccc(C)cc3)c(NCC(=O)O)c2)cc1. The fourth-order valence-corrected chi connectivity index (χ4v) is 6.58. The average molecular weight is 606 g/mol. The van der Waals surface area contributed by atoms with Crippen molar-refractivity contribution < 1.29 is 46.5 Å². The highest BCUT2D eigenvalue weighted by atomic mass is 32.2. The molecule has 3 aromatic rings. The standard InChI is InChI=1S/C26H27N3O10S2/c1-17-3-8-20(9-4-17)40(36,37)28(15-25(32)33)19-7-12-23(22(13-19)27-14-24(30)31)29(16-26(34)35)41(38,39)21-10-5-18(2)6-11-21/h3-13,27H,14-16H2,1-2H3,(H,30,31)(H,32,33)(H,34,35). The predicted octanol–water partition coefficient (Wildman–Crippen LogP) is 2.36. The molecule has 0 aliphatic heterocycles. The zero-order valence-electron chi connectivity index (χ0n) is 21.9. The van der Waals surface area contributed by atoms with Crippen LogP contribution in [0.3, 0.4) is 0 Å². The molecule has 0 unspecified atom stereocenters. The summed E-state index contributed by atoms with van der Waals surface area (Å²) < 4.78 is 55.1. The molecule has 218 valence electrons. The van der Waals surface area contributed by atoms with E-state index in [4.69, 9.17) is 0 Å². The van der Waals surface area contributed by atoms with E-state index in [0.717, 1.165) is 29.3 Å². The molecule has 0 radical (unpaired) electrons. The van der Waals surface area contributed by atoms with Gasteiger partial charge in [0, 0.05) is 0 Å². The monoisotopic (exact) mass is 605 g/mol. The molecule has 0 aliphatic rings. The van der Waals surface area contributed by atoms with E-state index in [9.17, 15) is 46.5 Å². The summed E-state index contributed by atoms with van der Waals surface area (Å²) in [5.74, 6) is -4.38. The zero-order chi connectivity index (χ0) is 30.5. The Labute approximate surface area is 236 Å². The van der Waals surface area contributed by atoms with Crippen molar-refractivity contribution in [1.29, 1.82) is 0 Å². The van der Waals surface area contributed by atoms with Crippen molar-refractivity contribution in [3.8, 4) is 0 Å². The number of sulfonamides is 2. The maximum Gasteiger partial charge on any atom is 0.324 e. The van der Waals surface area contributed by atoms with Gasteiger partial charge in [-0.3, -0.25) is 23.0 Å². The number of anilines is 3. The number of carboxylic acid groups (broad SMARTS) is 3. The third-order valence-electron chi connectivity index (χ3n) is 5.74. The van der Waals surface area contributed by atoms with E-state index in [-0.39, 0.29) is 26.9 Å². The minimum Gasteiger partial charge on any atom is -0.480 e. The number of rotatable bonds is 13. The summed E-state index contributed by atoms with van der Waals surface area (Å²) in [4.78, 5) is 34.3. The third kappa shape index (κ3) is 7.32. The molecule has 0 aliphatic carbocycles. The van der Waals surface area contributed by atoms with Crippen molar-refractivity contribution in [2.45, 2.75) is 23.6 Å². The van der Waals surface area contributed by atoms with E-state index in [1.807, 2.05) is 0 Å². The lowest BCUT2D eigenvalue weighted by atomic mass is 10.2. The molecule has 3 rings (SSSR count). The maximum absolute atomic E-state index is 13.5. The van der Waals surface area contributed by atoms with Crippen LogP contribution in [0.1, 0.15) is 11.1 Å². The van der Waals surface area contributed by atoms with Crippen molar-refractivity contribution in [3.63, 3.8) is 0 Å². The Morgan fingerprint density at radius 1 is 0.659 bits per heavy atom. The largest absolute Gasteiger partial charge is 0.480 e. The summed E-state index contributed by atoms with van der Waals surface area (Å²) in [5.41, 5.74) is 0.687. The Balaban J connectivity index is 2.23. The molecule has 0 spiro atoms. The molecule has 0 bridgehead atoms. The van der Waals surface area contributed by atoms with Gasteiger partial charge < -0.3 is 20.6 Å². The van der Waals surface area contributed by atoms with Crippen molar-refractivity contribution >= 4 is 55.0 Å². The van der Waals surface area contributed by atoms with Crippen LogP contribution < -0.4 is 13.9 Å². The van der Waals surface area contributed by atoms with Crippen molar-refractivity contribution in [3.05, 3.63) is 77.9 Å². The van der Waals surface area contributed by atoms with Gasteiger partial charge in [0.05, 0.1) is 26.9 Å². The molecule has 13 nitrogen and oxygen atoms in total. The van der Waals surface area contributed by atoms with Crippen molar-refractivity contribution in [2.75, 3.05) is 33.6 Å². The van der Waals surface area contributed by atoms with E-state index >= 15 is 0 Å². The van der Waals surface area contributed by atoms with Crippen LogP contribution in [0.15, 0.2) is 76.5 Å². The first-order chi connectivity index (χ1) is 19.1. The number of benzene rings is 3. The Morgan fingerprint density at radius 3 is 1.54 bits per heavy atom. The third-order valence-corrected chi connectivity index (χ3v) is 9.30. The molecule has 0 aromatic heterocycles. The smallest absolute Gasteiger partial charge is 0.324 e. The number of aliphatic carboxylic acids is 3. The zero-order valence-corrected chi connectivity index (χ0v) is 23.5. The second-order valence-corrected chi connectivity index (χ2v) is 12.6. The summed E-state index contributed by atoms with van der Waals surface area (Å²) in [5, 5.41) is 30.7. The minimum atomic E-state index is -4.52. The lowest BCUT2D eigenvalue weighted by Crippen LogP contribution is -2.37. The quantitative estimate of drug-likeness (QED) is 0.223. The molecule has 4 N–H and O–H groups in total. The molecule has 0 fully saturated rings. The Hall–Kier alpha value is -4.63. The molecule has 0 saturated heterocycles. The van der Waals surface area contributed by atoms with Gasteiger partial charge >= 0.3 is 17.9 Å². The molecule has 0 amide bonds. The van der Waals surface area contributed by atoms with Gasteiger partial charge in [-0.2, -0.15) is 0 Å². The van der Waals surface area contributed by atoms with Gasteiger partial charge in [0.1, 0.15) is 19.6 Å². The highest BCUT2D eigenvalue weighted by Crippen LogP contribution is 2.36. The molecule has 0 atom stereocenters. The molecular formula is C26H27N3O10S2. The van der Waals surface area contributed by atoms with Crippen LogP contribution >= 0.6 is 0 Å². The van der Waals surface area contributed by atoms with E-state index in [1.165, 1.54) is 48.5 Å². The summed E-state index contributed by atoms with van der Waals surface area (Å²) in [7, 11) is -8.97. The lowest BCUT2D eigenvalue weighted by molar-refractivity contribution is -0.136. The van der Waals surface area contributed by atoms with Crippen LogP contribution in [0.2, 0.25) is 0 Å². The minimum absolute atomic E-state index is 0.220. The van der Waals surface area contributed by atoms with Crippen LogP contribution in [0.5, 0.6) is 0 Å². The number of aryl methyl sites for hydroxylation is 2. The fourth-order valence-electron chi connectivity index (χ4n) is 3.74. The summed E-state index contributed by atoms with van der Waals surface area (Å²) >= 11 is 0. The number of hydrogen-bond donors (Lipinski definition) is 4. The number of hydrogen-bond acceptors (Lipinski definition) is 8.